The van der Waals surface area contributed by atoms with Crippen LogP contribution in [0.1, 0.15) is 52.5 Å². The van der Waals surface area contributed by atoms with Crippen LogP contribution in [-0.2, 0) is 17.6 Å². The van der Waals surface area contributed by atoms with Crippen molar-refractivity contribution in [2.75, 3.05) is 17.2 Å². The summed E-state index contributed by atoms with van der Waals surface area (Å²) in [4.78, 5) is 24.4. The van der Waals surface area contributed by atoms with E-state index in [-0.39, 0.29) is 16.8 Å². The Bertz CT molecular complexity index is 955. The largest absolute Gasteiger partial charge is 0.462 e. The number of rotatable bonds is 5. The Balaban J connectivity index is 1.86. The first-order valence-corrected chi connectivity index (χ1v) is 10.8. The average Bonchev–Trinajstić information content (AvgIpc) is 2.84. The van der Waals surface area contributed by atoms with E-state index in [4.69, 9.17) is 17.0 Å². The normalized spacial score (nSPS) is 13.2. The molecule has 0 fully saturated rings. The first kappa shape index (κ1) is 21.2. The summed E-state index contributed by atoms with van der Waals surface area (Å²) in [5.74, 6) is -0.344. The molecule has 1 aromatic carbocycles. The molecule has 1 heterocycles. The number of benzene rings is 1. The molecule has 0 spiro atoms. The van der Waals surface area contributed by atoms with Gasteiger partial charge in [0, 0.05) is 22.7 Å². The molecule has 29 heavy (non-hydrogen) atoms. The third-order valence-corrected chi connectivity index (χ3v) is 6.22. The van der Waals surface area contributed by atoms with Crippen molar-refractivity contribution < 1.29 is 14.5 Å². The Hall–Kier alpha value is -2.52. The van der Waals surface area contributed by atoms with E-state index in [1.165, 1.54) is 28.3 Å². The Morgan fingerprint density at radius 1 is 1.28 bits per heavy atom. The maximum absolute atomic E-state index is 12.6. The molecule has 2 N–H and O–H groups in total. The molecule has 0 atom stereocenters. The minimum atomic E-state index is -0.448. The number of hydrogen-bond acceptors (Lipinski definition) is 6. The fourth-order valence-electron chi connectivity index (χ4n) is 3.36. The molecule has 0 unspecified atom stereocenters. The number of non-ortho nitro benzene ring substituents is 1. The second kappa shape index (κ2) is 9.32. The molecule has 0 saturated carbocycles. The molecule has 0 saturated heterocycles. The second-order valence-corrected chi connectivity index (χ2v) is 8.34. The Morgan fingerprint density at radius 3 is 2.76 bits per heavy atom. The van der Waals surface area contributed by atoms with Crippen LogP contribution in [0.3, 0.4) is 0 Å². The highest BCUT2D eigenvalue weighted by Crippen LogP contribution is 2.38. The molecule has 3 rings (SSSR count). The number of carbonyl (C=O) groups excluding carboxylic acids is 1. The van der Waals surface area contributed by atoms with Crippen molar-refractivity contribution in [3.8, 4) is 0 Å². The minimum absolute atomic E-state index is 0.0176. The van der Waals surface area contributed by atoms with Crippen LogP contribution in [-0.4, -0.2) is 22.6 Å². The molecule has 1 aliphatic carbocycles. The number of aryl methyl sites for hydroxylation is 2. The quantitative estimate of drug-likeness (QED) is 0.219. The summed E-state index contributed by atoms with van der Waals surface area (Å²) >= 11 is 6.96. The molecule has 0 amide bonds. The van der Waals surface area contributed by atoms with Crippen molar-refractivity contribution >= 4 is 51.0 Å². The van der Waals surface area contributed by atoms with Crippen molar-refractivity contribution in [2.45, 2.75) is 46.0 Å². The van der Waals surface area contributed by atoms with Crippen LogP contribution in [0.4, 0.5) is 16.4 Å². The summed E-state index contributed by atoms with van der Waals surface area (Å²) in [6.07, 6.45) is 5.10. The van der Waals surface area contributed by atoms with Crippen molar-refractivity contribution in [3.05, 3.63) is 49.9 Å². The average molecular weight is 434 g/mol. The van der Waals surface area contributed by atoms with Gasteiger partial charge in [0.2, 0.25) is 0 Å². The van der Waals surface area contributed by atoms with Crippen LogP contribution in [0.5, 0.6) is 0 Å². The van der Waals surface area contributed by atoms with E-state index in [2.05, 4.69) is 10.6 Å². The number of thiocarbonyl (C=S) groups is 1. The van der Waals surface area contributed by atoms with Gasteiger partial charge in [0.25, 0.3) is 5.69 Å². The number of esters is 1. The van der Waals surface area contributed by atoms with Crippen molar-refractivity contribution in [3.63, 3.8) is 0 Å². The Kier molecular flexibility index (Phi) is 6.81. The van der Waals surface area contributed by atoms with Crippen molar-refractivity contribution in [2.24, 2.45) is 0 Å². The summed E-state index contributed by atoms with van der Waals surface area (Å²) in [5, 5.41) is 18.1. The summed E-state index contributed by atoms with van der Waals surface area (Å²) in [7, 11) is 0. The van der Waals surface area contributed by atoms with Crippen LogP contribution in [0.25, 0.3) is 0 Å². The molecule has 154 valence electrons. The van der Waals surface area contributed by atoms with E-state index in [0.29, 0.717) is 22.9 Å². The molecule has 1 aromatic heterocycles. The number of nitrogens with zero attached hydrogens (tertiary/aromatic N) is 1. The predicted molar refractivity (Wildman–Crippen MR) is 119 cm³/mol. The van der Waals surface area contributed by atoms with Crippen molar-refractivity contribution in [1.82, 2.24) is 0 Å². The Labute approximate surface area is 178 Å². The second-order valence-electron chi connectivity index (χ2n) is 6.82. The van der Waals surface area contributed by atoms with Gasteiger partial charge in [0.15, 0.2) is 5.11 Å². The number of nitro benzene ring substituents is 1. The van der Waals surface area contributed by atoms with Gasteiger partial charge < -0.3 is 15.4 Å². The highest BCUT2D eigenvalue weighted by atomic mass is 32.1. The van der Waals surface area contributed by atoms with Crippen LogP contribution in [0.15, 0.2) is 18.2 Å². The lowest BCUT2D eigenvalue weighted by Gasteiger charge is -2.13. The van der Waals surface area contributed by atoms with Crippen LogP contribution in [0.2, 0.25) is 0 Å². The van der Waals surface area contributed by atoms with Crippen molar-refractivity contribution in [1.29, 1.82) is 0 Å². The van der Waals surface area contributed by atoms with Crippen LogP contribution < -0.4 is 10.6 Å². The third kappa shape index (κ3) is 4.91. The number of nitro groups is 1. The maximum Gasteiger partial charge on any atom is 0.341 e. The topological polar surface area (TPSA) is 93.5 Å². The number of ether oxygens (including phenoxy) is 1. The highest BCUT2D eigenvalue weighted by molar-refractivity contribution is 7.80. The molecule has 0 bridgehead atoms. The van der Waals surface area contributed by atoms with E-state index in [0.717, 1.165) is 43.2 Å². The molecule has 9 heteroatoms. The minimum Gasteiger partial charge on any atom is -0.462 e. The lowest BCUT2D eigenvalue weighted by molar-refractivity contribution is -0.384. The molecular weight excluding hydrogens is 410 g/mol. The molecule has 7 nitrogen and oxygen atoms in total. The number of thiophene rings is 1. The fourth-order valence-corrected chi connectivity index (χ4v) is 4.92. The van der Waals surface area contributed by atoms with Gasteiger partial charge in [-0.05, 0) is 62.9 Å². The number of carbonyl (C=O) groups is 1. The number of fused-ring (bicyclic) bond motifs is 1. The van der Waals surface area contributed by atoms with E-state index in [1.54, 1.807) is 13.0 Å². The SMILES string of the molecule is CCOC(=O)c1c(NC(=S)Nc2cc([N+](=O)[O-])ccc2C)sc2c1CCCCC2. The number of anilines is 2. The zero-order valence-electron chi connectivity index (χ0n) is 16.4. The maximum atomic E-state index is 12.6. The van der Waals surface area contributed by atoms with Gasteiger partial charge in [-0.1, -0.05) is 12.5 Å². The fraction of sp³-hybridized carbons (Fsp3) is 0.400. The molecule has 2 aromatic rings. The lowest BCUT2D eigenvalue weighted by atomic mass is 10.1. The highest BCUT2D eigenvalue weighted by Gasteiger charge is 2.26. The summed E-state index contributed by atoms with van der Waals surface area (Å²) in [6, 6.07) is 4.56. The van der Waals surface area contributed by atoms with Gasteiger partial charge in [-0.3, -0.25) is 10.1 Å². The standard InChI is InChI=1S/C20H23N3O4S2/c1-3-27-19(24)17-14-7-5-4-6-8-16(14)29-18(17)22-20(28)21-15-11-13(23(25)26)10-9-12(15)2/h9-11H,3-8H2,1-2H3,(H2,21,22,28). The van der Waals surface area contributed by atoms with E-state index >= 15 is 0 Å². The molecule has 1 aliphatic rings. The molecule has 0 radical (unpaired) electrons. The summed E-state index contributed by atoms with van der Waals surface area (Å²) in [5.41, 5.74) is 2.98. The van der Waals surface area contributed by atoms with Gasteiger partial charge in [-0.25, -0.2) is 4.79 Å². The predicted octanol–water partition coefficient (Wildman–Crippen LogP) is 5.22. The van der Waals surface area contributed by atoms with Crippen LogP contribution >= 0.6 is 23.6 Å². The van der Waals surface area contributed by atoms with Crippen LogP contribution in [0, 0.1) is 17.0 Å². The molecular formula is C20H23N3O4S2. The Morgan fingerprint density at radius 2 is 2.03 bits per heavy atom. The smallest absolute Gasteiger partial charge is 0.341 e. The number of hydrogen-bond donors (Lipinski definition) is 2. The summed E-state index contributed by atoms with van der Waals surface area (Å²) < 4.78 is 5.28. The third-order valence-electron chi connectivity index (χ3n) is 4.81. The van der Waals surface area contributed by atoms with E-state index in [9.17, 15) is 14.9 Å². The van der Waals surface area contributed by atoms with Gasteiger partial charge >= 0.3 is 5.97 Å². The van der Waals surface area contributed by atoms with Gasteiger partial charge in [0.05, 0.1) is 17.1 Å². The zero-order valence-corrected chi connectivity index (χ0v) is 18.0. The first-order chi connectivity index (χ1) is 13.9. The summed E-state index contributed by atoms with van der Waals surface area (Å²) in [6.45, 7) is 3.93. The van der Waals surface area contributed by atoms with E-state index < -0.39 is 4.92 Å². The molecule has 0 aliphatic heterocycles. The first-order valence-electron chi connectivity index (χ1n) is 9.55. The zero-order chi connectivity index (χ0) is 21.0. The van der Waals surface area contributed by atoms with E-state index in [1.807, 2.05) is 6.92 Å². The number of nitrogens with one attached hydrogen (secondary N) is 2. The lowest BCUT2D eigenvalue weighted by Crippen LogP contribution is -2.21. The monoisotopic (exact) mass is 433 g/mol. The van der Waals surface area contributed by atoms with Gasteiger partial charge in [-0.15, -0.1) is 11.3 Å². The van der Waals surface area contributed by atoms with Gasteiger partial charge in [-0.2, -0.15) is 0 Å². The van der Waals surface area contributed by atoms with Gasteiger partial charge in [0.1, 0.15) is 5.00 Å².